The maximum atomic E-state index is 13.0. The normalized spacial score (nSPS) is 11.6. The second-order valence-corrected chi connectivity index (χ2v) is 6.69. The van der Waals surface area contributed by atoms with E-state index in [9.17, 15) is 27.9 Å². The lowest BCUT2D eigenvalue weighted by Gasteiger charge is -2.12. The number of aromatic nitrogens is 1. The number of hydrogen-bond acceptors (Lipinski definition) is 2. The van der Waals surface area contributed by atoms with Gasteiger partial charge >= 0.3 is 12.1 Å². The number of halogens is 3. The van der Waals surface area contributed by atoms with Crippen LogP contribution in [0.1, 0.15) is 15.9 Å². The molecule has 0 fully saturated rings. The summed E-state index contributed by atoms with van der Waals surface area (Å²) >= 11 is 0. The van der Waals surface area contributed by atoms with Gasteiger partial charge in [0.15, 0.2) is 0 Å². The fraction of sp³-hybridized carbons (Fsp3) is 0.0435. The van der Waals surface area contributed by atoms with Crippen molar-refractivity contribution in [2.75, 3.05) is 0 Å². The molecule has 4 nitrogen and oxygen atoms in total. The molecule has 150 valence electrons. The Morgan fingerprint density at radius 3 is 2.13 bits per heavy atom. The third-order valence-corrected chi connectivity index (χ3v) is 4.82. The quantitative estimate of drug-likeness (QED) is 0.495. The van der Waals surface area contributed by atoms with Crippen LogP contribution in [0.4, 0.5) is 13.2 Å². The Kier molecular flexibility index (Phi) is 4.66. The SMILES string of the molecule is O=C(O)c1cn(-c2ccc(-c3cccc(C(F)(F)F)c3)cc2)c(=O)c2ccccc12. The molecule has 0 bridgehead atoms. The van der Waals surface area contributed by atoms with Crippen LogP contribution < -0.4 is 5.56 Å². The van der Waals surface area contributed by atoms with Crippen molar-refractivity contribution in [1.82, 2.24) is 4.57 Å². The van der Waals surface area contributed by atoms with Gasteiger partial charge < -0.3 is 5.11 Å². The second kappa shape index (κ2) is 7.18. The molecule has 7 heteroatoms. The minimum atomic E-state index is -4.44. The van der Waals surface area contributed by atoms with Crippen molar-refractivity contribution in [3.8, 4) is 16.8 Å². The fourth-order valence-corrected chi connectivity index (χ4v) is 3.34. The molecule has 1 N–H and O–H groups in total. The van der Waals surface area contributed by atoms with Crippen molar-refractivity contribution >= 4 is 16.7 Å². The van der Waals surface area contributed by atoms with E-state index in [1.54, 1.807) is 54.6 Å². The van der Waals surface area contributed by atoms with Gasteiger partial charge in [-0.15, -0.1) is 0 Å². The fourth-order valence-electron chi connectivity index (χ4n) is 3.34. The zero-order chi connectivity index (χ0) is 21.5. The number of aromatic carboxylic acids is 1. The summed E-state index contributed by atoms with van der Waals surface area (Å²) in [7, 11) is 0. The molecule has 1 aromatic heterocycles. The van der Waals surface area contributed by atoms with Gasteiger partial charge in [0.1, 0.15) is 0 Å². The van der Waals surface area contributed by atoms with E-state index in [2.05, 4.69) is 0 Å². The number of rotatable bonds is 3. The first-order valence-corrected chi connectivity index (χ1v) is 8.91. The molecule has 0 aliphatic rings. The van der Waals surface area contributed by atoms with Gasteiger partial charge in [-0.05, 0) is 41.5 Å². The van der Waals surface area contributed by atoms with E-state index in [-0.39, 0.29) is 16.5 Å². The number of fused-ring (bicyclic) bond motifs is 1. The van der Waals surface area contributed by atoms with Gasteiger partial charge in [0.2, 0.25) is 0 Å². The van der Waals surface area contributed by atoms with E-state index in [1.807, 2.05) is 0 Å². The number of alkyl halides is 3. The van der Waals surface area contributed by atoms with Crippen LogP contribution in [0.15, 0.2) is 83.8 Å². The van der Waals surface area contributed by atoms with Gasteiger partial charge in [-0.3, -0.25) is 9.36 Å². The van der Waals surface area contributed by atoms with Gasteiger partial charge in [-0.2, -0.15) is 13.2 Å². The molecule has 1 heterocycles. The Labute approximate surface area is 168 Å². The Morgan fingerprint density at radius 2 is 1.50 bits per heavy atom. The molecule has 3 aromatic carbocycles. The highest BCUT2D eigenvalue weighted by atomic mass is 19.4. The topological polar surface area (TPSA) is 59.3 Å². The van der Waals surface area contributed by atoms with Crippen LogP contribution in [0, 0.1) is 0 Å². The third-order valence-electron chi connectivity index (χ3n) is 4.82. The number of pyridine rings is 1. The zero-order valence-corrected chi connectivity index (χ0v) is 15.4. The highest BCUT2D eigenvalue weighted by Gasteiger charge is 2.30. The van der Waals surface area contributed by atoms with Crippen molar-refractivity contribution < 1.29 is 23.1 Å². The van der Waals surface area contributed by atoms with Crippen molar-refractivity contribution in [3.63, 3.8) is 0 Å². The molecule has 4 rings (SSSR count). The first-order valence-electron chi connectivity index (χ1n) is 8.91. The predicted molar refractivity (Wildman–Crippen MR) is 107 cm³/mol. The summed E-state index contributed by atoms with van der Waals surface area (Å²) in [5.41, 5.74) is 0.171. The molecule has 0 aliphatic carbocycles. The average molecular weight is 409 g/mol. The zero-order valence-electron chi connectivity index (χ0n) is 15.4. The van der Waals surface area contributed by atoms with Crippen molar-refractivity contribution in [2.45, 2.75) is 6.18 Å². The van der Waals surface area contributed by atoms with Crippen LogP contribution in [-0.4, -0.2) is 15.6 Å². The van der Waals surface area contributed by atoms with Gasteiger partial charge in [0, 0.05) is 22.7 Å². The van der Waals surface area contributed by atoms with Gasteiger partial charge in [0.25, 0.3) is 5.56 Å². The van der Waals surface area contributed by atoms with Crippen molar-refractivity contribution in [1.29, 1.82) is 0 Å². The van der Waals surface area contributed by atoms with E-state index in [0.29, 0.717) is 22.2 Å². The summed E-state index contributed by atoms with van der Waals surface area (Å²) in [6.07, 6.45) is -3.19. The van der Waals surface area contributed by atoms with Crippen LogP contribution in [0.25, 0.3) is 27.6 Å². The van der Waals surface area contributed by atoms with Gasteiger partial charge in [-0.25, -0.2) is 4.79 Å². The van der Waals surface area contributed by atoms with Crippen LogP contribution in [0.3, 0.4) is 0 Å². The van der Waals surface area contributed by atoms with E-state index < -0.39 is 17.7 Å². The molecule has 0 saturated heterocycles. The molecule has 0 spiro atoms. The Morgan fingerprint density at radius 1 is 0.833 bits per heavy atom. The molecule has 0 unspecified atom stereocenters. The molecule has 0 amide bonds. The lowest BCUT2D eigenvalue weighted by atomic mass is 10.0. The highest BCUT2D eigenvalue weighted by molar-refractivity contribution is 6.03. The highest BCUT2D eigenvalue weighted by Crippen LogP contribution is 2.32. The number of hydrogen-bond donors (Lipinski definition) is 1. The molecule has 0 saturated carbocycles. The third kappa shape index (κ3) is 3.45. The minimum absolute atomic E-state index is 0.0212. The number of carboxylic acids is 1. The lowest BCUT2D eigenvalue weighted by molar-refractivity contribution is -0.137. The van der Waals surface area contributed by atoms with Gasteiger partial charge in [-0.1, -0.05) is 42.5 Å². The maximum Gasteiger partial charge on any atom is 0.416 e. The molecule has 4 aromatic rings. The Bertz CT molecular complexity index is 1320. The summed E-state index contributed by atoms with van der Waals surface area (Å²) in [5, 5.41) is 10.1. The van der Waals surface area contributed by atoms with Crippen molar-refractivity contribution in [3.05, 3.63) is 100 Å². The first-order chi connectivity index (χ1) is 14.3. The van der Waals surface area contributed by atoms with Crippen LogP contribution in [0.5, 0.6) is 0 Å². The minimum Gasteiger partial charge on any atom is -0.478 e. The monoisotopic (exact) mass is 409 g/mol. The first kappa shape index (κ1) is 19.4. The number of nitrogens with zero attached hydrogens (tertiary/aromatic N) is 1. The number of benzene rings is 3. The smallest absolute Gasteiger partial charge is 0.416 e. The van der Waals surface area contributed by atoms with E-state index in [1.165, 1.54) is 16.8 Å². The van der Waals surface area contributed by atoms with Crippen molar-refractivity contribution in [2.24, 2.45) is 0 Å². The van der Waals surface area contributed by atoms with Gasteiger partial charge in [0.05, 0.1) is 11.1 Å². The molecular weight excluding hydrogens is 395 g/mol. The molecular formula is C23H14F3NO3. The van der Waals surface area contributed by atoms with Crippen LogP contribution in [0.2, 0.25) is 0 Å². The number of carbonyl (C=O) groups is 1. The maximum absolute atomic E-state index is 13.0. The Balaban J connectivity index is 1.81. The summed E-state index contributed by atoms with van der Waals surface area (Å²) < 4.78 is 40.1. The summed E-state index contributed by atoms with van der Waals surface area (Å²) in [4.78, 5) is 24.5. The van der Waals surface area contributed by atoms with Crippen LogP contribution >= 0.6 is 0 Å². The predicted octanol–water partition coefficient (Wildman–Crippen LogP) is 5.37. The second-order valence-electron chi connectivity index (χ2n) is 6.69. The molecule has 0 aliphatic heterocycles. The molecule has 0 radical (unpaired) electrons. The largest absolute Gasteiger partial charge is 0.478 e. The summed E-state index contributed by atoms with van der Waals surface area (Å²) in [6, 6.07) is 17.7. The average Bonchev–Trinajstić information content (AvgIpc) is 2.74. The molecule has 0 atom stereocenters. The van der Waals surface area contributed by atoms with E-state index >= 15 is 0 Å². The standard InChI is InChI=1S/C23H14F3NO3/c24-23(25,26)16-5-3-4-15(12-16)14-8-10-17(11-9-14)27-13-20(22(29)30)18-6-1-2-7-19(18)21(27)28/h1-13H,(H,29,30). The Hall–Kier alpha value is -3.87. The summed E-state index contributed by atoms with van der Waals surface area (Å²) in [6.45, 7) is 0. The number of carboxylic acid groups (broad SMARTS) is 1. The van der Waals surface area contributed by atoms with E-state index in [0.717, 1.165) is 12.1 Å². The van der Waals surface area contributed by atoms with Crippen LogP contribution in [-0.2, 0) is 6.18 Å². The molecule has 30 heavy (non-hydrogen) atoms. The summed E-state index contributed by atoms with van der Waals surface area (Å²) in [5.74, 6) is -1.17. The van der Waals surface area contributed by atoms with E-state index in [4.69, 9.17) is 0 Å². The lowest BCUT2D eigenvalue weighted by Crippen LogP contribution is -2.20.